The Morgan fingerprint density at radius 2 is 1.16 bits per heavy atom. The Morgan fingerprint density at radius 1 is 0.636 bits per heavy atom. The molecule has 6 nitrogen and oxygen atoms in total. The van der Waals surface area contributed by atoms with Gasteiger partial charge in [0, 0.05) is 12.8 Å². The number of aliphatic hydroxyl groups excluding tert-OH is 2. The molecule has 1 unspecified atom stereocenters. The summed E-state index contributed by atoms with van der Waals surface area (Å²) in [6, 6.07) is 0. The highest BCUT2D eigenvalue weighted by atomic mass is 16.6. The molecule has 0 spiro atoms. The van der Waals surface area contributed by atoms with E-state index in [2.05, 4.69) is 32.1 Å². The fourth-order valence-electron chi connectivity index (χ4n) is 5.03. The van der Waals surface area contributed by atoms with Crippen LogP contribution in [0.5, 0.6) is 0 Å². The number of rotatable bonds is 32. The summed E-state index contributed by atoms with van der Waals surface area (Å²) in [6.07, 6.45) is 36.5. The lowest BCUT2D eigenvalue weighted by Crippen LogP contribution is -2.28. The number of esters is 2. The van der Waals surface area contributed by atoms with Crippen molar-refractivity contribution in [3.63, 3.8) is 0 Å². The van der Waals surface area contributed by atoms with Gasteiger partial charge in [0.25, 0.3) is 0 Å². The largest absolute Gasteiger partial charge is 0.462 e. The second-order valence-corrected chi connectivity index (χ2v) is 12.1. The molecule has 0 aromatic rings. The zero-order valence-electron chi connectivity index (χ0n) is 28.5. The van der Waals surface area contributed by atoms with Crippen LogP contribution in [0.2, 0.25) is 0 Å². The van der Waals surface area contributed by atoms with Crippen molar-refractivity contribution in [1.82, 2.24) is 0 Å². The van der Waals surface area contributed by atoms with E-state index in [1.807, 2.05) is 18.2 Å². The number of carbonyl (C=O) groups excluding carboxylic acids is 2. The van der Waals surface area contributed by atoms with E-state index in [9.17, 15) is 19.8 Å². The van der Waals surface area contributed by atoms with Crippen LogP contribution in [0, 0.1) is 0 Å². The van der Waals surface area contributed by atoms with E-state index in [0.717, 1.165) is 70.6 Å². The Hall–Kier alpha value is -1.92. The summed E-state index contributed by atoms with van der Waals surface area (Å²) in [5.74, 6) is -0.666. The molecule has 0 aromatic heterocycles. The molecule has 0 aliphatic rings. The van der Waals surface area contributed by atoms with Crippen molar-refractivity contribution in [2.75, 3.05) is 13.2 Å². The smallest absolute Gasteiger partial charge is 0.306 e. The molecule has 0 bridgehead atoms. The zero-order valence-corrected chi connectivity index (χ0v) is 28.5. The van der Waals surface area contributed by atoms with E-state index in [-0.39, 0.29) is 25.2 Å². The van der Waals surface area contributed by atoms with E-state index < -0.39 is 12.2 Å². The molecule has 0 radical (unpaired) electrons. The third-order valence-corrected chi connectivity index (χ3v) is 7.80. The maximum absolute atomic E-state index is 12.1. The lowest BCUT2D eigenvalue weighted by atomic mass is 10.0. The van der Waals surface area contributed by atoms with Gasteiger partial charge in [-0.1, -0.05) is 159 Å². The minimum atomic E-state index is -0.799. The average Bonchev–Trinajstić information content (AvgIpc) is 3.02. The minimum absolute atomic E-state index is 0.101. The van der Waals surface area contributed by atoms with E-state index in [4.69, 9.17) is 9.47 Å². The standard InChI is InChI=1S/C38H68O6/c1-3-5-7-9-11-12-13-14-15-16-17-19-23-28-32-38(42)44-36(33-39)34-43-37(41)31-27-24-20-22-26-30-35(40)29-25-21-18-10-8-6-4-2/h6,8,18,21,25,29,35-36,39-40H,3-5,7,9-17,19-20,22-24,26-28,30-34H2,1-2H3/b8-6+,21-18+,29-25+/t35?,36-/m0/s1. The minimum Gasteiger partial charge on any atom is -0.462 e. The number of allylic oxidation sites excluding steroid dienone is 5. The highest BCUT2D eigenvalue weighted by Crippen LogP contribution is 2.14. The molecular formula is C38H68O6. The molecule has 0 rings (SSSR count). The number of hydrogen-bond acceptors (Lipinski definition) is 6. The van der Waals surface area contributed by atoms with Gasteiger partial charge < -0.3 is 19.7 Å². The van der Waals surface area contributed by atoms with Gasteiger partial charge in [0.05, 0.1) is 12.7 Å². The highest BCUT2D eigenvalue weighted by molar-refractivity contribution is 5.70. The van der Waals surface area contributed by atoms with Crippen LogP contribution in [0.25, 0.3) is 0 Å². The topological polar surface area (TPSA) is 93.1 Å². The molecule has 0 saturated carbocycles. The molecule has 0 aromatic carbocycles. The van der Waals surface area contributed by atoms with Gasteiger partial charge in [0.15, 0.2) is 6.10 Å². The fraction of sp³-hybridized carbons (Fsp3) is 0.789. The molecule has 0 amide bonds. The first-order valence-electron chi connectivity index (χ1n) is 18.2. The summed E-state index contributed by atoms with van der Waals surface area (Å²) in [5.41, 5.74) is 0. The Kier molecular flexibility index (Phi) is 32.5. The molecule has 2 N–H and O–H groups in total. The third kappa shape index (κ3) is 31.5. The van der Waals surface area contributed by atoms with Gasteiger partial charge in [0.2, 0.25) is 0 Å². The molecule has 0 heterocycles. The molecule has 0 fully saturated rings. The fourth-order valence-corrected chi connectivity index (χ4v) is 5.03. The molecule has 0 aliphatic heterocycles. The van der Waals surface area contributed by atoms with Crippen molar-refractivity contribution in [2.24, 2.45) is 0 Å². The van der Waals surface area contributed by atoms with Crippen molar-refractivity contribution in [2.45, 2.75) is 180 Å². The van der Waals surface area contributed by atoms with Crippen molar-refractivity contribution >= 4 is 11.9 Å². The van der Waals surface area contributed by atoms with Gasteiger partial charge in [-0.05, 0) is 32.1 Å². The molecule has 2 atom stereocenters. The summed E-state index contributed by atoms with van der Waals surface area (Å²) >= 11 is 0. The number of unbranched alkanes of at least 4 members (excludes halogenated alkanes) is 17. The SMILES string of the molecule is CC/C=C/C/C=C/C=C/C(O)CCCCCCCC(=O)OC[C@H](CO)OC(=O)CCCCCCCCCCCCCCCC. The van der Waals surface area contributed by atoms with Gasteiger partial charge in [-0.2, -0.15) is 0 Å². The predicted octanol–water partition coefficient (Wildman–Crippen LogP) is 9.87. The van der Waals surface area contributed by atoms with E-state index in [1.165, 1.54) is 70.6 Å². The molecular weight excluding hydrogens is 552 g/mol. The lowest BCUT2D eigenvalue weighted by Gasteiger charge is -2.15. The monoisotopic (exact) mass is 621 g/mol. The summed E-state index contributed by atoms with van der Waals surface area (Å²) in [6.45, 7) is 3.92. The molecule has 256 valence electrons. The maximum atomic E-state index is 12.1. The Labute approximate surface area is 270 Å². The number of aliphatic hydroxyl groups is 2. The van der Waals surface area contributed by atoms with Crippen LogP contribution in [-0.2, 0) is 19.1 Å². The normalized spacial score (nSPS) is 13.3. The van der Waals surface area contributed by atoms with Crippen LogP contribution >= 0.6 is 0 Å². The first kappa shape index (κ1) is 42.1. The van der Waals surface area contributed by atoms with Crippen molar-refractivity contribution in [1.29, 1.82) is 0 Å². The van der Waals surface area contributed by atoms with Crippen LogP contribution in [-0.4, -0.2) is 47.6 Å². The van der Waals surface area contributed by atoms with Crippen molar-refractivity contribution in [3.05, 3.63) is 36.5 Å². The summed E-state index contributed by atoms with van der Waals surface area (Å²) in [7, 11) is 0. The Morgan fingerprint density at radius 3 is 1.70 bits per heavy atom. The zero-order chi connectivity index (χ0) is 32.4. The molecule has 44 heavy (non-hydrogen) atoms. The highest BCUT2D eigenvalue weighted by Gasteiger charge is 2.16. The molecule has 0 aliphatic carbocycles. The van der Waals surface area contributed by atoms with Crippen molar-refractivity contribution < 1.29 is 29.3 Å². The molecule has 6 heteroatoms. The first-order valence-corrected chi connectivity index (χ1v) is 18.2. The van der Waals surface area contributed by atoms with Crippen LogP contribution in [0.4, 0.5) is 0 Å². The van der Waals surface area contributed by atoms with Crippen molar-refractivity contribution in [3.8, 4) is 0 Å². The number of hydrogen-bond donors (Lipinski definition) is 2. The molecule has 0 saturated heterocycles. The van der Waals surface area contributed by atoms with Crippen LogP contribution in [0.3, 0.4) is 0 Å². The van der Waals surface area contributed by atoms with Crippen LogP contribution < -0.4 is 0 Å². The van der Waals surface area contributed by atoms with Gasteiger partial charge in [-0.25, -0.2) is 0 Å². The van der Waals surface area contributed by atoms with Crippen LogP contribution in [0.1, 0.15) is 168 Å². The summed E-state index contributed by atoms with van der Waals surface area (Å²) < 4.78 is 10.5. The predicted molar refractivity (Wildman–Crippen MR) is 184 cm³/mol. The van der Waals surface area contributed by atoms with Gasteiger partial charge >= 0.3 is 11.9 Å². The van der Waals surface area contributed by atoms with Crippen LogP contribution in [0.15, 0.2) is 36.5 Å². The van der Waals surface area contributed by atoms with Gasteiger partial charge in [-0.3, -0.25) is 9.59 Å². The van der Waals surface area contributed by atoms with E-state index >= 15 is 0 Å². The lowest BCUT2D eigenvalue weighted by molar-refractivity contribution is -0.161. The number of ether oxygens (including phenoxy) is 2. The summed E-state index contributed by atoms with van der Waals surface area (Å²) in [5, 5.41) is 19.6. The van der Waals surface area contributed by atoms with E-state index in [1.54, 1.807) is 0 Å². The summed E-state index contributed by atoms with van der Waals surface area (Å²) in [4.78, 5) is 24.2. The maximum Gasteiger partial charge on any atom is 0.306 e. The second kappa shape index (κ2) is 34.0. The average molecular weight is 621 g/mol. The second-order valence-electron chi connectivity index (χ2n) is 12.1. The van der Waals surface area contributed by atoms with Gasteiger partial charge in [-0.15, -0.1) is 0 Å². The number of carbonyl (C=O) groups is 2. The quantitative estimate of drug-likeness (QED) is 0.0336. The third-order valence-electron chi connectivity index (χ3n) is 7.80. The van der Waals surface area contributed by atoms with E-state index in [0.29, 0.717) is 12.8 Å². The van der Waals surface area contributed by atoms with Gasteiger partial charge in [0.1, 0.15) is 6.61 Å². The first-order chi connectivity index (χ1) is 21.5. The Balaban J connectivity index is 3.66. The Bertz CT molecular complexity index is 729.